The normalized spacial score (nSPS) is 12.6. The molecule has 3 rings (SSSR count). The van der Waals surface area contributed by atoms with Crippen molar-refractivity contribution in [3.63, 3.8) is 0 Å². The quantitative estimate of drug-likeness (QED) is 0.603. The van der Waals surface area contributed by atoms with E-state index in [0.29, 0.717) is 5.92 Å². The van der Waals surface area contributed by atoms with Gasteiger partial charge in [0.05, 0.1) is 0 Å². The zero-order valence-electron chi connectivity index (χ0n) is 10.7. The highest BCUT2D eigenvalue weighted by molar-refractivity contribution is 7.99. The highest BCUT2D eigenvalue weighted by atomic mass is 32.2. The van der Waals surface area contributed by atoms with E-state index in [9.17, 15) is 0 Å². The predicted octanol–water partition coefficient (Wildman–Crippen LogP) is 4.98. The van der Waals surface area contributed by atoms with Gasteiger partial charge in [-0.05, 0) is 41.2 Å². The van der Waals surface area contributed by atoms with Crippen LogP contribution in [0, 0.1) is 0 Å². The standard InChI is InChI=1S/C16H16S.H2S/c1-11(2)12-7-8-16-14(9-12)10-13-5-3-4-6-15(13)17-16;/h3-9,11H,10H2,1-2H3;1H2. The van der Waals surface area contributed by atoms with Crippen LogP contribution in [0.1, 0.15) is 36.5 Å². The van der Waals surface area contributed by atoms with Crippen LogP contribution in [0.25, 0.3) is 0 Å². The van der Waals surface area contributed by atoms with Crippen molar-refractivity contribution in [1.29, 1.82) is 0 Å². The Kier molecular flexibility index (Phi) is 4.08. The van der Waals surface area contributed by atoms with Crippen LogP contribution in [-0.4, -0.2) is 0 Å². The van der Waals surface area contributed by atoms with E-state index >= 15 is 0 Å². The van der Waals surface area contributed by atoms with Gasteiger partial charge in [0.25, 0.3) is 0 Å². The summed E-state index contributed by atoms with van der Waals surface area (Å²) in [5.41, 5.74) is 4.40. The minimum atomic E-state index is 0. The summed E-state index contributed by atoms with van der Waals surface area (Å²) < 4.78 is 0. The molecule has 0 nitrogen and oxygen atoms in total. The molecule has 0 spiro atoms. The molecule has 0 aromatic heterocycles. The molecule has 0 saturated carbocycles. The predicted molar refractivity (Wildman–Crippen MR) is 84.3 cm³/mol. The third kappa shape index (κ3) is 2.45. The molecule has 0 saturated heterocycles. The molecule has 94 valence electrons. The van der Waals surface area contributed by atoms with Gasteiger partial charge in [-0.15, -0.1) is 0 Å². The summed E-state index contributed by atoms with van der Waals surface area (Å²) in [4.78, 5) is 2.84. The van der Waals surface area contributed by atoms with E-state index in [1.54, 1.807) is 0 Å². The van der Waals surface area contributed by atoms with Crippen LogP contribution in [0.15, 0.2) is 52.3 Å². The maximum Gasteiger partial charge on any atom is 0.0158 e. The Labute approximate surface area is 120 Å². The average molecular weight is 274 g/mol. The molecular weight excluding hydrogens is 256 g/mol. The molecule has 2 aromatic rings. The number of fused-ring (bicyclic) bond motifs is 2. The molecule has 1 aliphatic rings. The van der Waals surface area contributed by atoms with Crippen LogP contribution in [0.4, 0.5) is 0 Å². The van der Waals surface area contributed by atoms with Gasteiger partial charge in [0.1, 0.15) is 0 Å². The monoisotopic (exact) mass is 274 g/mol. The molecule has 0 aliphatic carbocycles. The lowest BCUT2D eigenvalue weighted by Gasteiger charge is -2.20. The Hall–Kier alpha value is -0.860. The average Bonchev–Trinajstić information content (AvgIpc) is 2.35. The van der Waals surface area contributed by atoms with Gasteiger partial charge >= 0.3 is 0 Å². The van der Waals surface area contributed by atoms with Crippen LogP contribution in [-0.2, 0) is 6.42 Å². The smallest absolute Gasteiger partial charge is 0.0158 e. The fourth-order valence-corrected chi connectivity index (χ4v) is 3.32. The fraction of sp³-hybridized carbons (Fsp3) is 0.250. The molecular formula is C16H18S2. The SMILES string of the molecule is CC(C)c1ccc2c(c1)Cc1ccccc1S2.S. The first-order chi connectivity index (χ1) is 8.24. The van der Waals surface area contributed by atoms with Gasteiger partial charge in [-0.3, -0.25) is 0 Å². The number of rotatable bonds is 1. The number of benzene rings is 2. The highest BCUT2D eigenvalue weighted by Crippen LogP contribution is 2.40. The van der Waals surface area contributed by atoms with Gasteiger partial charge in [-0.2, -0.15) is 13.5 Å². The first-order valence-electron chi connectivity index (χ1n) is 6.12. The lowest BCUT2D eigenvalue weighted by Crippen LogP contribution is -2.00. The van der Waals surface area contributed by atoms with Crippen molar-refractivity contribution in [2.75, 3.05) is 0 Å². The van der Waals surface area contributed by atoms with Crippen molar-refractivity contribution in [3.05, 3.63) is 59.2 Å². The summed E-state index contributed by atoms with van der Waals surface area (Å²) in [7, 11) is 0. The largest absolute Gasteiger partial charge is 0.197 e. The van der Waals surface area contributed by atoms with Crippen molar-refractivity contribution >= 4 is 25.3 Å². The fourth-order valence-electron chi connectivity index (χ4n) is 2.27. The van der Waals surface area contributed by atoms with Crippen molar-refractivity contribution in [3.8, 4) is 0 Å². The van der Waals surface area contributed by atoms with Crippen LogP contribution in [0.5, 0.6) is 0 Å². The van der Waals surface area contributed by atoms with Gasteiger partial charge in [-0.1, -0.05) is 55.9 Å². The molecule has 0 radical (unpaired) electrons. The lowest BCUT2D eigenvalue weighted by atomic mass is 9.97. The van der Waals surface area contributed by atoms with Gasteiger partial charge in [-0.25, -0.2) is 0 Å². The van der Waals surface area contributed by atoms with E-state index in [4.69, 9.17) is 0 Å². The minimum absolute atomic E-state index is 0. The molecule has 18 heavy (non-hydrogen) atoms. The highest BCUT2D eigenvalue weighted by Gasteiger charge is 2.16. The molecule has 1 aliphatic heterocycles. The third-order valence-corrected chi connectivity index (χ3v) is 4.56. The van der Waals surface area contributed by atoms with Gasteiger partial charge in [0.15, 0.2) is 0 Å². The van der Waals surface area contributed by atoms with Crippen LogP contribution >= 0.6 is 25.3 Å². The van der Waals surface area contributed by atoms with E-state index in [1.807, 2.05) is 11.8 Å². The Morgan fingerprint density at radius 1 is 0.944 bits per heavy atom. The summed E-state index contributed by atoms with van der Waals surface area (Å²) in [6.45, 7) is 4.51. The van der Waals surface area contributed by atoms with Crippen LogP contribution in [0.2, 0.25) is 0 Å². The summed E-state index contributed by atoms with van der Waals surface area (Å²) in [5.74, 6) is 0.613. The van der Waals surface area contributed by atoms with Crippen molar-refractivity contribution in [1.82, 2.24) is 0 Å². The Bertz CT molecular complexity index is 559. The Morgan fingerprint density at radius 3 is 2.44 bits per heavy atom. The van der Waals surface area contributed by atoms with Gasteiger partial charge < -0.3 is 0 Å². The maximum atomic E-state index is 2.38. The van der Waals surface area contributed by atoms with Crippen LogP contribution in [0.3, 0.4) is 0 Å². The molecule has 1 heterocycles. The lowest BCUT2D eigenvalue weighted by molar-refractivity contribution is 0.858. The molecule has 0 N–H and O–H groups in total. The number of hydrogen-bond acceptors (Lipinski definition) is 1. The summed E-state index contributed by atoms with van der Waals surface area (Å²) in [6, 6.07) is 15.7. The molecule has 0 atom stereocenters. The number of hydrogen-bond donors (Lipinski definition) is 0. The second kappa shape index (κ2) is 5.41. The Morgan fingerprint density at radius 2 is 1.67 bits per heavy atom. The second-order valence-corrected chi connectivity index (χ2v) is 5.99. The van der Waals surface area contributed by atoms with Gasteiger partial charge in [0.2, 0.25) is 0 Å². The molecule has 0 amide bonds. The van der Waals surface area contributed by atoms with E-state index < -0.39 is 0 Å². The zero-order chi connectivity index (χ0) is 11.8. The van der Waals surface area contributed by atoms with E-state index in [0.717, 1.165) is 6.42 Å². The first kappa shape index (κ1) is 13.6. The molecule has 0 bridgehead atoms. The van der Waals surface area contributed by atoms with E-state index in [-0.39, 0.29) is 13.5 Å². The van der Waals surface area contributed by atoms with Crippen molar-refractivity contribution in [2.24, 2.45) is 0 Å². The summed E-state index contributed by atoms with van der Waals surface area (Å²) in [5, 5.41) is 0. The van der Waals surface area contributed by atoms with Crippen molar-refractivity contribution in [2.45, 2.75) is 36.0 Å². The Balaban J connectivity index is 0.00000120. The van der Waals surface area contributed by atoms with Crippen molar-refractivity contribution < 1.29 is 0 Å². The topological polar surface area (TPSA) is 0 Å². The second-order valence-electron chi connectivity index (χ2n) is 4.91. The maximum absolute atomic E-state index is 2.38. The van der Waals surface area contributed by atoms with E-state index in [2.05, 4.69) is 56.3 Å². The summed E-state index contributed by atoms with van der Waals surface area (Å²) >= 11 is 1.90. The molecule has 2 aromatic carbocycles. The van der Waals surface area contributed by atoms with Gasteiger partial charge in [0, 0.05) is 9.79 Å². The van der Waals surface area contributed by atoms with E-state index in [1.165, 1.54) is 26.5 Å². The zero-order valence-corrected chi connectivity index (χ0v) is 12.6. The molecule has 2 heteroatoms. The molecule has 0 unspecified atom stereocenters. The molecule has 0 fully saturated rings. The third-order valence-electron chi connectivity index (χ3n) is 3.32. The van der Waals surface area contributed by atoms with Crippen LogP contribution < -0.4 is 0 Å². The summed E-state index contributed by atoms with van der Waals surface area (Å²) in [6.07, 6.45) is 1.08. The minimum Gasteiger partial charge on any atom is -0.197 e. The first-order valence-corrected chi connectivity index (χ1v) is 6.94.